The number of fused-ring (bicyclic) bond motifs is 1. The lowest BCUT2D eigenvalue weighted by Gasteiger charge is -2.29. The van der Waals surface area contributed by atoms with E-state index in [-0.39, 0.29) is 13.2 Å². The Hall–Kier alpha value is -3.16. The maximum atomic E-state index is 13.6. The number of para-hydroxylation sites is 3. The molecule has 0 saturated heterocycles. The van der Waals surface area contributed by atoms with Crippen LogP contribution in [-0.2, 0) is 9.59 Å². The molecular weight excluding hydrogens is 346 g/mol. The van der Waals surface area contributed by atoms with E-state index in [1.807, 2.05) is 11.4 Å². The minimum atomic E-state index is -1.14. The third kappa shape index (κ3) is 3.74. The number of ether oxygens (including phenoxy) is 2. The first-order chi connectivity index (χ1) is 12.5. The SMILES string of the molecule is CN(C[C@H]1COc2ccccc2O1)C(=O)C(=O)Nc1c(F)cccc1F. The largest absolute Gasteiger partial charge is 0.486 e. The topological polar surface area (TPSA) is 67.9 Å². The summed E-state index contributed by atoms with van der Waals surface area (Å²) in [6.07, 6.45) is -0.475. The average Bonchev–Trinajstić information content (AvgIpc) is 2.64. The predicted molar refractivity (Wildman–Crippen MR) is 89.0 cm³/mol. The molecule has 0 fully saturated rings. The van der Waals surface area contributed by atoms with Gasteiger partial charge in [0.1, 0.15) is 23.9 Å². The smallest absolute Gasteiger partial charge is 0.314 e. The van der Waals surface area contributed by atoms with Gasteiger partial charge < -0.3 is 19.7 Å². The minimum absolute atomic E-state index is 0.0698. The van der Waals surface area contributed by atoms with E-state index in [4.69, 9.17) is 9.47 Å². The Morgan fingerprint density at radius 3 is 2.46 bits per heavy atom. The van der Waals surface area contributed by atoms with Gasteiger partial charge in [0, 0.05) is 7.05 Å². The van der Waals surface area contributed by atoms with Crippen LogP contribution < -0.4 is 14.8 Å². The van der Waals surface area contributed by atoms with E-state index in [1.54, 1.807) is 18.2 Å². The molecule has 0 unspecified atom stereocenters. The van der Waals surface area contributed by atoms with E-state index < -0.39 is 35.2 Å². The van der Waals surface area contributed by atoms with Gasteiger partial charge in [-0.1, -0.05) is 18.2 Å². The lowest BCUT2D eigenvalue weighted by molar-refractivity contribution is -0.143. The second kappa shape index (κ2) is 7.38. The molecule has 6 nitrogen and oxygen atoms in total. The van der Waals surface area contributed by atoms with Crippen LogP contribution in [0.3, 0.4) is 0 Å². The zero-order valence-electron chi connectivity index (χ0n) is 13.9. The molecule has 2 amide bonds. The minimum Gasteiger partial charge on any atom is -0.486 e. The highest BCUT2D eigenvalue weighted by molar-refractivity contribution is 6.39. The van der Waals surface area contributed by atoms with E-state index in [0.29, 0.717) is 11.5 Å². The van der Waals surface area contributed by atoms with Crippen LogP contribution in [0.5, 0.6) is 11.5 Å². The van der Waals surface area contributed by atoms with E-state index in [1.165, 1.54) is 7.05 Å². The summed E-state index contributed by atoms with van der Waals surface area (Å²) in [7, 11) is 1.39. The fourth-order valence-electron chi connectivity index (χ4n) is 2.50. The summed E-state index contributed by atoms with van der Waals surface area (Å²) in [4.78, 5) is 25.3. The van der Waals surface area contributed by atoms with E-state index in [0.717, 1.165) is 23.1 Å². The lowest BCUT2D eigenvalue weighted by Crippen LogP contribution is -2.45. The molecule has 1 N–H and O–H groups in total. The van der Waals surface area contributed by atoms with Crippen LogP contribution in [0.2, 0.25) is 0 Å². The van der Waals surface area contributed by atoms with Gasteiger partial charge in [-0.15, -0.1) is 0 Å². The number of halogens is 2. The van der Waals surface area contributed by atoms with E-state index in [2.05, 4.69) is 0 Å². The van der Waals surface area contributed by atoms with Gasteiger partial charge in [0.25, 0.3) is 0 Å². The first-order valence-electron chi connectivity index (χ1n) is 7.84. The maximum absolute atomic E-state index is 13.6. The zero-order chi connectivity index (χ0) is 18.7. The molecule has 0 spiro atoms. The number of amides is 2. The molecular formula is C18H16F2N2O4. The first kappa shape index (κ1) is 17.7. The molecule has 1 aliphatic heterocycles. The second-order valence-electron chi connectivity index (χ2n) is 5.73. The van der Waals surface area contributed by atoms with Gasteiger partial charge >= 0.3 is 11.8 Å². The number of nitrogens with zero attached hydrogens (tertiary/aromatic N) is 1. The summed E-state index contributed by atoms with van der Waals surface area (Å²) < 4.78 is 38.4. The molecule has 3 rings (SSSR count). The summed E-state index contributed by atoms with van der Waals surface area (Å²) in [5.74, 6) is -2.87. The van der Waals surface area contributed by atoms with Crippen LogP contribution in [0.1, 0.15) is 0 Å². The Kier molecular flexibility index (Phi) is 5.01. The van der Waals surface area contributed by atoms with Crippen molar-refractivity contribution in [1.82, 2.24) is 4.90 Å². The maximum Gasteiger partial charge on any atom is 0.314 e. The van der Waals surface area contributed by atoms with Crippen molar-refractivity contribution in [2.24, 2.45) is 0 Å². The molecule has 1 aliphatic rings. The highest BCUT2D eigenvalue weighted by atomic mass is 19.1. The van der Waals surface area contributed by atoms with Crippen LogP contribution in [0.25, 0.3) is 0 Å². The summed E-state index contributed by atoms with van der Waals surface area (Å²) in [5, 5.41) is 1.96. The molecule has 0 aliphatic carbocycles. The van der Waals surface area contributed by atoms with Gasteiger partial charge in [0.05, 0.1) is 6.54 Å². The Labute approximate surface area is 148 Å². The number of carbonyl (C=O) groups excluding carboxylic acids is 2. The highest BCUT2D eigenvalue weighted by Crippen LogP contribution is 2.31. The number of carbonyl (C=O) groups is 2. The number of hydrogen-bond donors (Lipinski definition) is 1. The predicted octanol–water partition coefficient (Wildman–Crippen LogP) is 2.20. The molecule has 1 atom stereocenters. The number of anilines is 1. The summed E-state index contributed by atoms with van der Waals surface area (Å²) >= 11 is 0. The van der Waals surface area contributed by atoms with Crippen molar-refractivity contribution in [1.29, 1.82) is 0 Å². The number of rotatable bonds is 3. The second-order valence-corrected chi connectivity index (χ2v) is 5.73. The van der Waals surface area contributed by atoms with Crippen molar-refractivity contribution in [3.63, 3.8) is 0 Å². The fourth-order valence-corrected chi connectivity index (χ4v) is 2.50. The molecule has 1 heterocycles. The van der Waals surface area contributed by atoms with E-state index in [9.17, 15) is 18.4 Å². The van der Waals surface area contributed by atoms with Crippen molar-refractivity contribution in [2.75, 3.05) is 25.5 Å². The fraction of sp³-hybridized carbons (Fsp3) is 0.222. The standard InChI is InChI=1S/C18H16F2N2O4/c1-22(9-11-10-25-14-7-2-3-8-15(14)26-11)18(24)17(23)21-16-12(19)5-4-6-13(16)20/h2-8,11H,9-10H2,1H3,(H,21,23)/t11-/m0/s1. The molecule has 2 aromatic rings. The molecule has 0 saturated carbocycles. The van der Waals surface area contributed by atoms with Gasteiger partial charge in [-0.25, -0.2) is 8.78 Å². The summed E-state index contributed by atoms with van der Waals surface area (Å²) in [5.41, 5.74) is -0.662. The molecule has 136 valence electrons. The first-order valence-corrected chi connectivity index (χ1v) is 7.84. The van der Waals surface area contributed by atoms with Crippen LogP contribution in [-0.4, -0.2) is 43.0 Å². The summed E-state index contributed by atoms with van der Waals surface area (Å²) in [6, 6.07) is 10.2. The molecule has 0 bridgehead atoms. The Morgan fingerprint density at radius 1 is 1.12 bits per heavy atom. The quantitative estimate of drug-likeness (QED) is 0.850. The lowest BCUT2D eigenvalue weighted by atomic mass is 10.2. The van der Waals surface area contributed by atoms with Crippen molar-refractivity contribution in [3.8, 4) is 11.5 Å². The van der Waals surface area contributed by atoms with E-state index >= 15 is 0 Å². The van der Waals surface area contributed by atoms with Crippen LogP contribution in [0.4, 0.5) is 14.5 Å². The van der Waals surface area contributed by atoms with Crippen LogP contribution in [0, 0.1) is 11.6 Å². The Balaban J connectivity index is 1.60. The monoisotopic (exact) mass is 362 g/mol. The third-order valence-electron chi connectivity index (χ3n) is 3.79. The molecule has 2 aromatic carbocycles. The van der Waals surface area contributed by atoms with Gasteiger partial charge in [0.15, 0.2) is 17.6 Å². The zero-order valence-corrected chi connectivity index (χ0v) is 13.9. The molecule has 0 radical (unpaired) electrons. The molecule has 8 heteroatoms. The Morgan fingerprint density at radius 2 is 1.77 bits per heavy atom. The normalized spacial score (nSPS) is 15.3. The van der Waals surface area contributed by atoms with Crippen molar-refractivity contribution >= 4 is 17.5 Å². The highest BCUT2D eigenvalue weighted by Gasteiger charge is 2.27. The van der Waals surface area contributed by atoms with Gasteiger partial charge in [0.2, 0.25) is 0 Å². The third-order valence-corrected chi connectivity index (χ3v) is 3.79. The summed E-state index contributed by atoms with van der Waals surface area (Å²) in [6.45, 7) is 0.276. The van der Waals surface area contributed by atoms with Gasteiger partial charge in [-0.05, 0) is 24.3 Å². The van der Waals surface area contributed by atoms with Crippen LogP contribution in [0.15, 0.2) is 42.5 Å². The van der Waals surface area contributed by atoms with Crippen molar-refractivity contribution < 1.29 is 27.8 Å². The number of hydrogen-bond acceptors (Lipinski definition) is 4. The average molecular weight is 362 g/mol. The van der Waals surface area contributed by atoms with Crippen molar-refractivity contribution in [3.05, 3.63) is 54.1 Å². The number of nitrogens with one attached hydrogen (secondary N) is 1. The number of benzene rings is 2. The molecule has 26 heavy (non-hydrogen) atoms. The van der Waals surface area contributed by atoms with Gasteiger partial charge in [-0.3, -0.25) is 9.59 Å². The van der Waals surface area contributed by atoms with Crippen molar-refractivity contribution in [2.45, 2.75) is 6.10 Å². The Bertz CT molecular complexity index is 823. The molecule has 0 aromatic heterocycles. The number of likely N-dealkylation sites (N-methyl/N-ethyl adjacent to an activating group) is 1. The van der Waals surface area contributed by atoms with Gasteiger partial charge in [-0.2, -0.15) is 0 Å². The van der Waals surface area contributed by atoms with Crippen LogP contribution >= 0.6 is 0 Å².